The molecule has 51 heavy (non-hydrogen) atoms. The van der Waals surface area contributed by atoms with Gasteiger partial charge < -0.3 is 29.5 Å². The monoisotopic (exact) mass is 697 g/mol. The maximum Gasteiger partial charge on any atom is 0.214 e. The van der Waals surface area contributed by atoms with Crippen molar-refractivity contribution in [3.05, 3.63) is 95.6 Å². The number of para-hydroxylation sites is 1. The van der Waals surface area contributed by atoms with Crippen LogP contribution < -0.4 is 25.3 Å². The molecule has 0 radical (unpaired) electrons. The van der Waals surface area contributed by atoms with Gasteiger partial charge in [0.25, 0.3) is 0 Å². The Bertz CT molecular complexity index is 2010. The van der Waals surface area contributed by atoms with Gasteiger partial charge in [-0.2, -0.15) is 5.10 Å². The van der Waals surface area contributed by atoms with Crippen LogP contribution in [0.2, 0.25) is 0 Å². The second kappa shape index (κ2) is 14.9. The Morgan fingerprint density at radius 1 is 1.18 bits per heavy atom. The number of H-pyrrole nitrogens is 1. The van der Waals surface area contributed by atoms with Crippen molar-refractivity contribution in [1.29, 1.82) is 0 Å². The van der Waals surface area contributed by atoms with Gasteiger partial charge in [0.1, 0.15) is 24.4 Å². The van der Waals surface area contributed by atoms with Gasteiger partial charge in [-0.1, -0.05) is 18.2 Å². The van der Waals surface area contributed by atoms with Crippen LogP contribution in [0.1, 0.15) is 43.7 Å². The van der Waals surface area contributed by atoms with E-state index in [0.29, 0.717) is 43.4 Å². The first kappa shape index (κ1) is 35.6. The van der Waals surface area contributed by atoms with E-state index in [2.05, 4.69) is 31.7 Å². The summed E-state index contributed by atoms with van der Waals surface area (Å²) in [5, 5.41) is 13.5. The van der Waals surface area contributed by atoms with Crippen LogP contribution in [0.4, 0.5) is 21.6 Å². The van der Waals surface area contributed by atoms with Gasteiger partial charge in [-0.15, -0.1) is 0 Å². The number of anilines is 3. The van der Waals surface area contributed by atoms with E-state index in [4.69, 9.17) is 14.3 Å². The second-order valence-corrected chi connectivity index (χ2v) is 13.1. The summed E-state index contributed by atoms with van der Waals surface area (Å²) < 4.78 is 27.4. The third-order valence-corrected chi connectivity index (χ3v) is 8.80. The number of hydroxylamine groups is 1. The third-order valence-electron chi connectivity index (χ3n) is 8.80. The summed E-state index contributed by atoms with van der Waals surface area (Å²) in [6.07, 6.45) is 8.84. The van der Waals surface area contributed by atoms with Crippen LogP contribution in [0.5, 0.6) is 5.75 Å². The van der Waals surface area contributed by atoms with Gasteiger partial charge in [0.2, 0.25) is 5.78 Å². The van der Waals surface area contributed by atoms with E-state index in [9.17, 15) is 14.0 Å². The molecule has 2 aromatic carbocycles. The Labute approximate surface area is 296 Å². The number of hydrogen-bond donors (Lipinski definition) is 3. The minimum absolute atomic E-state index is 0.160. The molecule has 0 saturated carbocycles. The highest BCUT2D eigenvalue weighted by Gasteiger charge is 2.26. The molecule has 0 bridgehead atoms. The molecule has 2 aliphatic rings. The highest BCUT2D eigenvalue weighted by molar-refractivity contribution is 6.13. The van der Waals surface area contributed by atoms with Gasteiger partial charge in [0.05, 0.1) is 53.3 Å². The molecule has 12 nitrogen and oxygen atoms in total. The number of halogens is 1. The van der Waals surface area contributed by atoms with Crippen LogP contribution in [0, 0.1) is 5.82 Å². The first-order valence-electron chi connectivity index (χ1n) is 16.9. The van der Waals surface area contributed by atoms with Crippen molar-refractivity contribution in [2.24, 2.45) is 0 Å². The first-order chi connectivity index (χ1) is 24.5. The number of aromatic amines is 1. The predicted molar refractivity (Wildman–Crippen MR) is 197 cm³/mol. The molecular formula is C38H44FN7O5. The molecule has 2 aromatic heterocycles. The van der Waals surface area contributed by atoms with Crippen molar-refractivity contribution in [2.75, 3.05) is 55.7 Å². The van der Waals surface area contributed by atoms with E-state index >= 15 is 0 Å². The number of aromatic nitrogens is 3. The summed E-state index contributed by atoms with van der Waals surface area (Å²) in [5.41, 5.74) is 4.12. The highest BCUT2D eigenvalue weighted by atomic mass is 19.1. The molecule has 1 aliphatic heterocycles. The molecular weight excluding hydrogens is 653 g/mol. The lowest BCUT2D eigenvalue weighted by molar-refractivity contribution is -0.114. The zero-order valence-corrected chi connectivity index (χ0v) is 29.7. The molecule has 268 valence electrons. The molecule has 3 N–H and O–H groups in total. The fourth-order valence-corrected chi connectivity index (χ4v) is 6.26. The van der Waals surface area contributed by atoms with Crippen molar-refractivity contribution >= 4 is 45.9 Å². The maximum absolute atomic E-state index is 14.2. The van der Waals surface area contributed by atoms with E-state index in [1.54, 1.807) is 55.0 Å². The van der Waals surface area contributed by atoms with Crippen molar-refractivity contribution < 1.29 is 28.3 Å². The predicted octanol–water partition coefficient (Wildman–Crippen LogP) is 5.70. The summed E-state index contributed by atoms with van der Waals surface area (Å²) in [4.78, 5) is 37.4. The zero-order valence-electron chi connectivity index (χ0n) is 29.7. The number of aldehydes is 1. The van der Waals surface area contributed by atoms with Gasteiger partial charge in [-0.05, 0) is 81.8 Å². The van der Waals surface area contributed by atoms with Gasteiger partial charge in [-0.3, -0.25) is 20.0 Å². The molecule has 4 aromatic rings. The number of rotatable bonds is 13. The molecule has 13 heteroatoms. The number of nitrogens with zero attached hydrogens (tertiary/aromatic N) is 4. The minimum atomic E-state index is -0.760. The number of carbonyl (C=O) groups excluding carboxylic acids is 2. The van der Waals surface area contributed by atoms with E-state index in [-0.39, 0.29) is 11.5 Å². The van der Waals surface area contributed by atoms with Gasteiger partial charge >= 0.3 is 0 Å². The number of benzene rings is 2. The molecule has 6 rings (SSSR count). The number of ketones is 1. The van der Waals surface area contributed by atoms with Crippen molar-refractivity contribution in [3.8, 4) is 5.75 Å². The van der Waals surface area contributed by atoms with Crippen molar-refractivity contribution in [2.45, 2.75) is 45.6 Å². The van der Waals surface area contributed by atoms with E-state index < -0.39 is 23.7 Å². The second-order valence-electron chi connectivity index (χ2n) is 13.1. The van der Waals surface area contributed by atoms with Crippen LogP contribution in [-0.4, -0.2) is 85.1 Å². The normalized spacial score (nSPS) is 17.1. The standard InChI is InChI=1S/C38H44FN7O5/c1-24-11-12-27(50-35-10-8-7-9-29(35)39)13-14-32(24)46-37(40-5)28(22-41-46)36(48)31-19-26-20-34(45-15-17-49-18-16-45)33(21-30(26)42-31)44(6)51-25(2)43-38(3,4)23-47/h7-14,19-23,25,27,40,42-43H,15-18H2,1-6H3. The average molecular weight is 698 g/mol. The topological polar surface area (TPSA) is 126 Å². The molecule has 0 amide bonds. The lowest BCUT2D eigenvalue weighted by Gasteiger charge is -2.34. The SMILES string of the molecule is CNc1c(C(=O)c2cc3cc(N4CCOCC4)c(N(C)OC(C)NC(C)(C)C=O)cc3[nH]2)cnn1C1=C(C)C=CC(Oc2ccccc2F)C=C1. The van der Waals surface area contributed by atoms with Crippen LogP contribution in [0.15, 0.2) is 78.5 Å². The number of fused-ring (bicyclic) bond motifs is 1. The molecule has 0 spiro atoms. The Balaban J connectivity index is 1.29. The van der Waals surface area contributed by atoms with Crippen molar-refractivity contribution in [1.82, 2.24) is 20.1 Å². The number of ether oxygens (including phenoxy) is 2. The van der Waals surface area contributed by atoms with Gasteiger partial charge in [-0.25, -0.2) is 9.07 Å². The van der Waals surface area contributed by atoms with Crippen LogP contribution in [0.3, 0.4) is 0 Å². The van der Waals surface area contributed by atoms with Crippen molar-refractivity contribution in [3.63, 3.8) is 0 Å². The van der Waals surface area contributed by atoms with Crippen LogP contribution in [-0.2, 0) is 14.4 Å². The van der Waals surface area contributed by atoms with Gasteiger partial charge in [0, 0.05) is 38.1 Å². The fraction of sp³-hybridized carbons (Fsp3) is 0.342. The van der Waals surface area contributed by atoms with Gasteiger partial charge in [0.15, 0.2) is 11.6 Å². The Morgan fingerprint density at radius 2 is 1.92 bits per heavy atom. The smallest absolute Gasteiger partial charge is 0.214 e. The molecule has 1 saturated heterocycles. The number of nitrogens with one attached hydrogen (secondary N) is 3. The number of carbonyl (C=O) groups is 2. The van der Waals surface area contributed by atoms with E-state index in [1.165, 1.54) is 6.07 Å². The summed E-state index contributed by atoms with van der Waals surface area (Å²) in [6, 6.07) is 12.1. The lowest BCUT2D eigenvalue weighted by atomic mass is 10.1. The first-order valence-corrected chi connectivity index (χ1v) is 16.9. The Hall–Kier alpha value is -5.24. The molecule has 1 aliphatic carbocycles. The number of hydrogen-bond acceptors (Lipinski definition) is 10. The summed E-state index contributed by atoms with van der Waals surface area (Å²) >= 11 is 0. The summed E-state index contributed by atoms with van der Waals surface area (Å²) in [5.74, 6) is 0.00543. The number of allylic oxidation sites excluding steroid dienone is 4. The average Bonchev–Trinajstić information content (AvgIpc) is 3.70. The Kier molecular flexibility index (Phi) is 10.4. The molecule has 1 fully saturated rings. The van der Waals surface area contributed by atoms with E-state index in [0.717, 1.165) is 39.8 Å². The quantitative estimate of drug-likeness (QED) is 0.0694. The lowest BCUT2D eigenvalue weighted by Crippen LogP contribution is -2.49. The van der Waals surface area contributed by atoms with E-state index in [1.807, 2.05) is 57.3 Å². The summed E-state index contributed by atoms with van der Waals surface area (Å²) in [6.45, 7) is 9.96. The maximum atomic E-state index is 14.2. The molecule has 2 unspecified atom stereocenters. The molecule has 2 atom stereocenters. The fourth-order valence-electron chi connectivity index (χ4n) is 6.26. The highest BCUT2D eigenvalue weighted by Crippen LogP contribution is 2.36. The van der Waals surface area contributed by atoms with Crippen LogP contribution in [0.25, 0.3) is 16.6 Å². The molecule has 3 heterocycles. The summed E-state index contributed by atoms with van der Waals surface area (Å²) in [7, 11) is 3.57. The van der Waals surface area contributed by atoms with Crippen LogP contribution >= 0.6 is 0 Å². The minimum Gasteiger partial charge on any atom is -0.479 e. The Morgan fingerprint density at radius 3 is 2.65 bits per heavy atom. The largest absolute Gasteiger partial charge is 0.479 e. The zero-order chi connectivity index (χ0) is 36.3. The number of morpholine rings is 1. The third kappa shape index (κ3) is 7.75.